The third kappa shape index (κ3) is 1.03. The molecule has 2 aliphatic rings. The SMILES string of the molecule is CC1=CN2C=C(C=O)NC2C=C1. The predicted octanol–water partition coefficient (Wildman–Crippen LogP) is 0.732. The fourth-order valence-electron chi connectivity index (χ4n) is 1.37. The summed E-state index contributed by atoms with van der Waals surface area (Å²) in [7, 11) is 0. The van der Waals surface area contributed by atoms with Crippen LogP contribution in [0, 0.1) is 0 Å². The number of rotatable bonds is 1. The summed E-state index contributed by atoms with van der Waals surface area (Å²) in [5, 5.41) is 3.05. The van der Waals surface area contributed by atoms with E-state index in [9.17, 15) is 4.79 Å². The van der Waals surface area contributed by atoms with Gasteiger partial charge in [-0.15, -0.1) is 0 Å². The fourth-order valence-corrected chi connectivity index (χ4v) is 1.37. The van der Waals surface area contributed by atoms with Gasteiger partial charge >= 0.3 is 0 Å². The van der Waals surface area contributed by atoms with Crippen molar-refractivity contribution in [3.8, 4) is 0 Å². The minimum Gasteiger partial charge on any atom is -0.358 e. The lowest BCUT2D eigenvalue weighted by Gasteiger charge is -2.22. The van der Waals surface area contributed by atoms with E-state index in [1.54, 1.807) is 0 Å². The second-order valence-corrected chi connectivity index (χ2v) is 2.97. The topological polar surface area (TPSA) is 32.3 Å². The van der Waals surface area contributed by atoms with Crippen molar-refractivity contribution in [3.63, 3.8) is 0 Å². The van der Waals surface area contributed by atoms with Gasteiger partial charge in [-0.05, 0) is 18.6 Å². The molecule has 62 valence electrons. The van der Waals surface area contributed by atoms with Crippen LogP contribution >= 0.6 is 0 Å². The van der Waals surface area contributed by atoms with Gasteiger partial charge in [0.05, 0.1) is 5.70 Å². The largest absolute Gasteiger partial charge is 0.358 e. The van der Waals surface area contributed by atoms with Gasteiger partial charge in [0.15, 0.2) is 6.29 Å². The van der Waals surface area contributed by atoms with Gasteiger partial charge in [0, 0.05) is 12.4 Å². The molecule has 1 N–H and O–H groups in total. The van der Waals surface area contributed by atoms with Crippen molar-refractivity contribution in [3.05, 3.63) is 35.8 Å². The van der Waals surface area contributed by atoms with Crippen LogP contribution in [0.15, 0.2) is 35.8 Å². The highest BCUT2D eigenvalue weighted by molar-refractivity contribution is 5.73. The smallest absolute Gasteiger partial charge is 0.167 e. The zero-order chi connectivity index (χ0) is 8.55. The van der Waals surface area contributed by atoms with Gasteiger partial charge in [-0.2, -0.15) is 0 Å². The van der Waals surface area contributed by atoms with E-state index in [0.29, 0.717) is 5.70 Å². The molecule has 0 spiro atoms. The van der Waals surface area contributed by atoms with Crippen molar-refractivity contribution < 1.29 is 4.79 Å². The first kappa shape index (κ1) is 7.16. The highest BCUT2D eigenvalue weighted by Crippen LogP contribution is 2.17. The van der Waals surface area contributed by atoms with Crippen LogP contribution in [0.1, 0.15) is 6.92 Å². The molecule has 0 bridgehead atoms. The maximum atomic E-state index is 10.4. The number of carbonyl (C=O) groups is 1. The van der Waals surface area contributed by atoms with Crippen LogP contribution < -0.4 is 5.32 Å². The molecule has 0 saturated heterocycles. The molecule has 0 radical (unpaired) electrons. The monoisotopic (exact) mass is 162 g/mol. The minimum absolute atomic E-state index is 0.133. The molecule has 2 heterocycles. The molecule has 0 aromatic carbocycles. The van der Waals surface area contributed by atoms with Gasteiger partial charge in [-0.25, -0.2) is 0 Å². The Hall–Kier alpha value is -1.51. The molecule has 0 saturated carbocycles. The second kappa shape index (κ2) is 2.52. The quantitative estimate of drug-likeness (QED) is 0.577. The molecular formula is C9H10N2O. The summed E-state index contributed by atoms with van der Waals surface area (Å²) in [6.07, 6.45) is 8.85. The fraction of sp³-hybridized carbons (Fsp3) is 0.222. The number of aldehydes is 1. The van der Waals surface area contributed by atoms with Crippen molar-refractivity contribution in [1.29, 1.82) is 0 Å². The maximum Gasteiger partial charge on any atom is 0.167 e. The van der Waals surface area contributed by atoms with E-state index in [0.717, 1.165) is 6.29 Å². The molecule has 2 aliphatic heterocycles. The number of hydrogen-bond acceptors (Lipinski definition) is 3. The van der Waals surface area contributed by atoms with Crippen LogP contribution in [-0.4, -0.2) is 17.4 Å². The number of nitrogens with zero attached hydrogens (tertiary/aromatic N) is 1. The second-order valence-electron chi connectivity index (χ2n) is 2.97. The lowest BCUT2D eigenvalue weighted by atomic mass is 10.2. The summed E-state index contributed by atoms with van der Waals surface area (Å²) in [5.74, 6) is 0. The first-order valence-corrected chi connectivity index (χ1v) is 3.87. The van der Waals surface area contributed by atoms with Crippen LogP contribution in [0.2, 0.25) is 0 Å². The first-order chi connectivity index (χ1) is 5.79. The standard InChI is InChI=1S/C9H10N2O/c1-7-2-3-9-10-8(6-12)5-11(9)4-7/h2-6,9-10H,1H3. The van der Waals surface area contributed by atoms with Crippen LogP contribution in [0.3, 0.4) is 0 Å². The van der Waals surface area contributed by atoms with E-state index in [1.165, 1.54) is 5.57 Å². The number of hydrogen-bond donors (Lipinski definition) is 1. The Morgan fingerprint density at radius 2 is 2.42 bits per heavy atom. The van der Waals surface area contributed by atoms with Crippen molar-refractivity contribution in [2.75, 3.05) is 0 Å². The Balaban J connectivity index is 2.25. The van der Waals surface area contributed by atoms with Crippen LogP contribution in [0.25, 0.3) is 0 Å². The number of fused-ring (bicyclic) bond motifs is 1. The molecule has 0 fully saturated rings. The van der Waals surface area contributed by atoms with Gasteiger partial charge in [-0.3, -0.25) is 4.79 Å². The van der Waals surface area contributed by atoms with Gasteiger partial charge in [-0.1, -0.05) is 6.08 Å². The van der Waals surface area contributed by atoms with Gasteiger partial charge in [0.2, 0.25) is 0 Å². The average molecular weight is 162 g/mol. The van der Waals surface area contributed by atoms with Crippen molar-refractivity contribution >= 4 is 6.29 Å². The minimum atomic E-state index is 0.133. The molecule has 12 heavy (non-hydrogen) atoms. The third-order valence-corrected chi connectivity index (χ3v) is 1.94. The van der Waals surface area contributed by atoms with Crippen LogP contribution in [0.4, 0.5) is 0 Å². The van der Waals surface area contributed by atoms with Crippen LogP contribution in [-0.2, 0) is 4.79 Å². The molecule has 1 unspecified atom stereocenters. The third-order valence-electron chi connectivity index (χ3n) is 1.94. The molecule has 0 aromatic heterocycles. The summed E-state index contributed by atoms with van der Waals surface area (Å²) in [5.41, 5.74) is 1.83. The lowest BCUT2D eigenvalue weighted by Crippen LogP contribution is -2.32. The van der Waals surface area contributed by atoms with E-state index in [-0.39, 0.29) is 6.17 Å². The maximum absolute atomic E-state index is 10.4. The van der Waals surface area contributed by atoms with E-state index < -0.39 is 0 Å². The molecule has 2 rings (SSSR count). The summed E-state index contributed by atoms with van der Waals surface area (Å²) in [6.45, 7) is 2.03. The van der Waals surface area contributed by atoms with Crippen molar-refractivity contribution in [1.82, 2.24) is 10.2 Å². The van der Waals surface area contributed by atoms with E-state index >= 15 is 0 Å². The molecule has 0 aliphatic carbocycles. The normalized spacial score (nSPS) is 25.8. The molecule has 1 atom stereocenters. The number of carbonyl (C=O) groups excluding carboxylic acids is 1. The van der Waals surface area contributed by atoms with E-state index in [1.807, 2.05) is 36.4 Å². The highest BCUT2D eigenvalue weighted by Gasteiger charge is 2.20. The Morgan fingerprint density at radius 3 is 3.17 bits per heavy atom. The Morgan fingerprint density at radius 1 is 1.58 bits per heavy atom. The van der Waals surface area contributed by atoms with Gasteiger partial charge in [0.1, 0.15) is 6.17 Å². The summed E-state index contributed by atoms with van der Waals surface area (Å²) < 4.78 is 0. The number of allylic oxidation sites excluding steroid dienone is 3. The average Bonchev–Trinajstić information content (AvgIpc) is 2.46. The lowest BCUT2D eigenvalue weighted by molar-refractivity contribution is -0.105. The van der Waals surface area contributed by atoms with Crippen molar-refractivity contribution in [2.24, 2.45) is 0 Å². The van der Waals surface area contributed by atoms with Gasteiger partial charge in [0.25, 0.3) is 0 Å². The summed E-state index contributed by atoms with van der Waals surface area (Å²) in [6, 6.07) is 0. The van der Waals surface area contributed by atoms with Crippen molar-refractivity contribution in [2.45, 2.75) is 13.1 Å². The Kier molecular flexibility index (Phi) is 1.50. The Labute approximate surface area is 71.0 Å². The molecular weight excluding hydrogens is 152 g/mol. The van der Waals surface area contributed by atoms with Crippen LogP contribution in [0.5, 0.6) is 0 Å². The van der Waals surface area contributed by atoms with Gasteiger partial charge < -0.3 is 10.2 Å². The predicted molar refractivity (Wildman–Crippen MR) is 45.8 cm³/mol. The molecule has 3 heteroatoms. The molecule has 0 aromatic rings. The van der Waals surface area contributed by atoms with E-state index in [2.05, 4.69) is 5.32 Å². The molecule has 3 nitrogen and oxygen atoms in total. The summed E-state index contributed by atoms with van der Waals surface area (Å²) in [4.78, 5) is 12.4. The first-order valence-electron chi connectivity index (χ1n) is 3.87. The molecule has 0 amide bonds. The zero-order valence-electron chi connectivity index (χ0n) is 6.82. The summed E-state index contributed by atoms with van der Waals surface area (Å²) >= 11 is 0. The highest BCUT2D eigenvalue weighted by atomic mass is 16.1. The zero-order valence-corrected chi connectivity index (χ0v) is 6.82. The Bertz CT molecular complexity index is 302. The van der Waals surface area contributed by atoms with E-state index in [4.69, 9.17) is 0 Å². The number of nitrogens with one attached hydrogen (secondary N) is 1.